The summed E-state index contributed by atoms with van der Waals surface area (Å²) in [7, 11) is 0. The molecule has 0 atom stereocenters. The van der Waals surface area contributed by atoms with Crippen LogP contribution in [0.5, 0.6) is 5.75 Å². The largest absolute Gasteiger partial charge is 0.507 e. The van der Waals surface area contributed by atoms with Gasteiger partial charge in [0.2, 0.25) is 0 Å². The summed E-state index contributed by atoms with van der Waals surface area (Å²) in [5.41, 5.74) is 15.8. The summed E-state index contributed by atoms with van der Waals surface area (Å²) in [6.45, 7) is 6.78. The Morgan fingerprint density at radius 1 is 0.614 bits per heavy atom. The fraction of sp³-hybridized carbons (Fsp3) is 0.127. The molecule has 0 spiro atoms. The minimum Gasteiger partial charge on any atom is -0.507 e. The number of allylic oxidation sites excluding steroid dienone is 8. The first-order valence-electron chi connectivity index (χ1n) is 20.1. The average molecular weight is 738 g/mol. The van der Waals surface area contributed by atoms with Crippen LogP contribution in [-0.2, 0) is 11.8 Å². The number of phenolic OH excluding ortho intramolecular Hbond substituents is 1. The molecule has 0 fully saturated rings. The molecule has 0 aliphatic heterocycles. The second-order valence-corrected chi connectivity index (χ2v) is 15.7. The van der Waals surface area contributed by atoms with E-state index < -0.39 is 0 Å². The van der Waals surface area contributed by atoms with Crippen LogP contribution >= 0.6 is 0 Å². The molecule has 0 radical (unpaired) electrons. The van der Waals surface area contributed by atoms with Crippen LogP contribution in [0.15, 0.2) is 194 Å². The number of fused-ring (bicyclic) bond motifs is 5. The van der Waals surface area contributed by atoms with Crippen molar-refractivity contribution >= 4 is 27.7 Å². The van der Waals surface area contributed by atoms with E-state index in [4.69, 9.17) is 0 Å². The third-order valence-corrected chi connectivity index (χ3v) is 11.8. The maximum atomic E-state index is 12.3. The molecule has 1 N–H and O–H groups in total. The second kappa shape index (κ2) is 15.1. The monoisotopic (exact) mass is 737 g/mol. The normalized spacial score (nSPS) is 14.4. The molecule has 7 aromatic rings. The molecular weight excluding hydrogens is 691 g/mol. The zero-order valence-electron chi connectivity index (χ0n) is 32.9. The molecule has 0 aromatic heterocycles. The highest BCUT2D eigenvalue weighted by Crippen LogP contribution is 2.58. The molecule has 9 rings (SSSR count). The molecular formula is C55H47NO. The Bertz CT molecular complexity index is 2710. The van der Waals surface area contributed by atoms with E-state index >= 15 is 0 Å². The first kappa shape index (κ1) is 36.0. The first-order chi connectivity index (χ1) is 27.9. The minimum atomic E-state index is -0.298. The summed E-state index contributed by atoms with van der Waals surface area (Å²) in [6.07, 6.45) is 16.1. The number of rotatable bonds is 9. The Balaban J connectivity index is 1.07. The molecule has 0 saturated carbocycles. The van der Waals surface area contributed by atoms with Gasteiger partial charge >= 0.3 is 0 Å². The highest BCUT2D eigenvalue weighted by atomic mass is 16.3. The van der Waals surface area contributed by atoms with Gasteiger partial charge in [-0.2, -0.15) is 0 Å². The van der Waals surface area contributed by atoms with E-state index in [1.165, 1.54) is 49.9 Å². The van der Waals surface area contributed by atoms with E-state index in [1.54, 1.807) is 0 Å². The van der Waals surface area contributed by atoms with Gasteiger partial charge in [0.1, 0.15) is 5.75 Å². The summed E-state index contributed by atoms with van der Waals surface area (Å²) in [5.74, 6) is 0.384. The van der Waals surface area contributed by atoms with Crippen LogP contribution in [0.1, 0.15) is 55.9 Å². The van der Waals surface area contributed by atoms with Gasteiger partial charge in [-0.15, -0.1) is 0 Å². The van der Waals surface area contributed by atoms with Crippen LogP contribution in [0.25, 0.3) is 49.7 Å². The van der Waals surface area contributed by atoms with Crippen LogP contribution in [-0.4, -0.2) is 5.11 Å². The molecule has 0 bridgehead atoms. The molecule has 2 aliphatic rings. The summed E-state index contributed by atoms with van der Waals surface area (Å²) >= 11 is 0. The summed E-state index contributed by atoms with van der Waals surface area (Å²) in [6, 6.07) is 54.0. The summed E-state index contributed by atoms with van der Waals surface area (Å²) < 4.78 is 0. The highest BCUT2D eigenvalue weighted by molar-refractivity contribution is 6.04. The lowest BCUT2D eigenvalue weighted by atomic mass is 9.77. The Morgan fingerprint density at radius 3 is 1.88 bits per heavy atom. The molecule has 0 saturated heterocycles. The quantitative estimate of drug-likeness (QED) is 0.149. The van der Waals surface area contributed by atoms with E-state index in [2.05, 4.69) is 214 Å². The molecule has 0 amide bonds. The number of aromatic hydroxyl groups is 1. The Labute approximate surface area is 337 Å². The molecule has 2 heteroatoms. The van der Waals surface area contributed by atoms with Crippen molar-refractivity contribution in [1.82, 2.24) is 0 Å². The van der Waals surface area contributed by atoms with E-state index in [0.29, 0.717) is 12.2 Å². The molecule has 57 heavy (non-hydrogen) atoms. The van der Waals surface area contributed by atoms with Crippen molar-refractivity contribution in [2.24, 2.45) is 0 Å². The van der Waals surface area contributed by atoms with Crippen LogP contribution in [0.3, 0.4) is 0 Å². The third kappa shape index (κ3) is 6.62. The Morgan fingerprint density at radius 2 is 1.21 bits per heavy atom. The second-order valence-electron chi connectivity index (χ2n) is 15.7. The Kier molecular flexibility index (Phi) is 9.56. The number of hydrogen-bond acceptors (Lipinski definition) is 2. The molecule has 7 aromatic carbocycles. The zero-order chi connectivity index (χ0) is 38.9. The molecule has 278 valence electrons. The van der Waals surface area contributed by atoms with Crippen molar-refractivity contribution in [3.8, 4) is 39.1 Å². The molecule has 2 aliphatic carbocycles. The van der Waals surface area contributed by atoms with E-state index in [0.717, 1.165) is 52.0 Å². The fourth-order valence-electron chi connectivity index (χ4n) is 9.12. The van der Waals surface area contributed by atoms with Gasteiger partial charge < -0.3 is 10.0 Å². The number of benzene rings is 7. The van der Waals surface area contributed by atoms with Crippen LogP contribution in [0, 0.1) is 0 Å². The average Bonchev–Trinajstić information content (AvgIpc) is 3.51. The number of nitrogens with zero attached hydrogens (tertiary/aromatic N) is 1. The molecule has 0 unspecified atom stereocenters. The SMILES string of the molecule is C/C(=C\C=C/Cc1c(O)c2c(c3ccccc13)C(C)(C)c1c(-c3ccccc3)cccc1-2)N(c1ccc(C2=CCCC=C2)cc1)c1ccc(-c2ccccc2)cc1. The lowest BCUT2D eigenvalue weighted by Gasteiger charge is -2.26. The first-order valence-corrected chi connectivity index (χ1v) is 20.1. The van der Waals surface area contributed by atoms with Gasteiger partial charge in [-0.25, -0.2) is 0 Å². The van der Waals surface area contributed by atoms with E-state index in [1.807, 2.05) is 0 Å². The van der Waals surface area contributed by atoms with Crippen molar-refractivity contribution in [2.45, 2.75) is 45.4 Å². The van der Waals surface area contributed by atoms with Crippen molar-refractivity contribution in [2.75, 3.05) is 4.90 Å². The van der Waals surface area contributed by atoms with Crippen LogP contribution < -0.4 is 4.90 Å². The number of anilines is 2. The standard InChI is InChI=1S/C55H47NO/c1-38(56(44-34-30-41(31-35-44)39-19-7-4-8-20-39)45-36-32-42(33-37-45)40-21-9-5-10-22-40)18-13-14-27-49-47-25-15-16-26-48(47)53-51(54(49)57)50-29-17-28-46(52(50)55(53,2)3)43-23-11-6-12-24-43/h4,6-9,11-26,28-37,57H,5,10,27H2,1-3H3/b14-13-,38-18+. The maximum Gasteiger partial charge on any atom is 0.127 e. The van der Waals surface area contributed by atoms with Gasteiger partial charge in [0.25, 0.3) is 0 Å². The van der Waals surface area contributed by atoms with Crippen molar-refractivity contribution in [1.29, 1.82) is 0 Å². The number of hydrogen-bond donors (Lipinski definition) is 1. The predicted octanol–water partition coefficient (Wildman–Crippen LogP) is 14.8. The van der Waals surface area contributed by atoms with Gasteiger partial charge in [-0.1, -0.05) is 172 Å². The summed E-state index contributed by atoms with van der Waals surface area (Å²) in [4.78, 5) is 2.32. The predicted molar refractivity (Wildman–Crippen MR) is 242 cm³/mol. The third-order valence-electron chi connectivity index (χ3n) is 11.8. The van der Waals surface area contributed by atoms with Gasteiger partial charge in [-0.3, -0.25) is 0 Å². The topological polar surface area (TPSA) is 23.5 Å². The van der Waals surface area contributed by atoms with Crippen molar-refractivity contribution in [3.63, 3.8) is 0 Å². The van der Waals surface area contributed by atoms with Gasteiger partial charge in [0.15, 0.2) is 0 Å². The fourth-order valence-corrected chi connectivity index (χ4v) is 9.12. The lowest BCUT2D eigenvalue weighted by molar-refractivity contribution is 0.472. The Hall–Kier alpha value is -6.64. The smallest absolute Gasteiger partial charge is 0.127 e. The molecule has 0 heterocycles. The van der Waals surface area contributed by atoms with Crippen LogP contribution in [0.4, 0.5) is 11.4 Å². The van der Waals surface area contributed by atoms with Gasteiger partial charge in [0.05, 0.1) is 0 Å². The van der Waals surface area contributed by atoms with E-state index in [-0.39, 0.29) is 5.41 Å². The van der Waals surface area contributed by atoms with Crippen LogP contribution in [0.2, 0.25) is 0 Å². The van der Waals surface area contributed by atoms with E-state index in [9.17, 15) is 5.11 Å². The molecule has 2 nitrogen and oxygen atoms in total. The van der Waals surface area contributed by atoms with Gasteiger partial charge in [0, 0.05) is 33.6 Å². The van der Waals surface area contributed by atoms with Crippen molar-refractivity contribution < 1.29 is 5.11 Å². The highest BCUT2D eigenvalue weighted by Gasteiger charge is 2.41. The number of phenols is 1. The minimum absolute atomic E-state index is 0.298. The maximum absolute atomic E-state index is 12.3. The van der Waals surface area contributed by atoms with Crippen molar-refractivity contribution in [3.05, 3.63) is 216 Å². The van der Waals surface area contributed by atoms with Gasteiger partial charge in [-0.05, 0) is 117 Å². The zero-order valence-corrected chi connectivity index (χ0v) is 32.9. The lowest BCUT2D eigenvalue weighted by Crippen LogP contribution is -2.17. The summed E-state index contributed by atoms with van der Waals surface area (Å²) in [5, 5.41) is 14.6.